The molecule has 1 aliphatic heterocycles. The van der Waals surface area contributed by atoms with Crippen molar-refractivity contribution in [2.24, 2.45) is 0 Å². The Kier molecular flexibility index (Phi) is 4.97. The van der Waals surface area contributed by atoms with Crippen LogP contribution in [0, 0.1) is 5.82 Å². The molecule has 6 nitrogen and oxygen atoms in total. The van der Waals surface area contributed by atoms with Gasteiger partial charge in [0, 0.05) is 17.7 Å². The highest BCUT2D eigenvalue weighted by Crippen LogP contribution is 2.29. The smallest absolute Gasteiger partial charge is 0.263 e. The second-order valence-electron chi connectivity index (χ2n) is 6.50. The first kappa shape index (κ1) is 19.4. The molecule has 2 N–H and O–H groups in total. The number of nitrogens with one attached hydrogen (secondary N) is 2. The van der Waals surface area contributed by atoms with Crippen LogP contribution >= 0.6 is 11.6 Å². The summed E-state index contributed by atoms with van der Waals surface area (Å²) in [7, 11) is -3.89. The summed E-state index contributed by atoms with van der Waals surface area (Å²) < 4.78 is 41.3. The van der Waals surface area contributed by atoms with Gasteiger partial charge in [-0.15, -0.1) is 0 Å². The van der Waals surface area contributed by atoms with E-state index < -0.39 is 15.8 Å². The molecule has 0 spiro atoms. The van der Waals surface area contributed by atoms with E-state index in [2.05, 4.69) is 15.0 Å². The molecule has 0 unspecified atom stereocenters. The first-order valence-corrected chi connectivity index (χ1v) is 10.6. The van der Waals surface area contributed by atoms with E-state index in [-0.39, 0.29) is 21.6 Å². The molecule has 29 heavy (non-hydrogen) atoms. The zero-order chi connectivity index (χ0) is 20.6. The number of hydrogen-bond donors (Lipinski definition) is 2. The summed E-state index contributed by atoms with van der Waals surface area (Å²) in [4.78, 5) is 15.8. The van der Waals surface area contributed by atoms with Gasteiger partial charge in [-0.05, 0) is 60.5 Å². The average molecular weight is 432 g/mol. The lowest BCUT2D eigenvalue weighted by Crippen LogP contribution is -2.20. The Hall–Kier alpha value is -2.97. The minimum atomic E-state index is -3.89. The molecule has 1 aliphatic rings. The third-order valence-corrected chi connectivity index (χ3v) is 6.14. The Morgan fingerprint density at radius 2 is 1.90 bits per heavy atom. The number of benzene rings is 2. The van der Waals surface area contributed by atoms with Crippen LogP contribution < -0.4 is 10.0 Å². The summed E-state index contributed by atoms with van der Waals surface area (Å²) in [5.74, 6) is -0.458. The van der Waals surface area contributed by atoms with Gasteiger partial charge in [0.05, 0.1) is 15.6 Å². The zero-order valence-electron chi connectivity index (χ0n) is 14.9. The van der Waals surface area contributed by atoms with Crippen molar-refractivity contribution in [2.45, 2.75) is 17.7 Å². The number of rotatable bonds is 4. The van der Waals surface area contributed by atoms with Gasteiger partial charge in [-0.3, -0.25) is 9.52 Å². The number of carbonyl (C=O) groups excluding carboxylic acids is 1. The van der Waals surface area contributed by atoms with Gasteiger partial charge in [-0.2, -0.15) is 0 Å². The van der Waals surface area contributed by atoms with Crippen molar-refractivity contribution in [1.29, 1.82) is 0 Å². The van der Waals surface area contributed by atoms with Gasteiger partial charge in [-0.25, -0.2) is 17.8 Å². The van der Waals surface area contributed by atoms with Gasteiger partial charge >= 0.3 is 0 Å². The lowest BCUT2D eigenvalue weighted by Gasteiger charge is -2.17. The molecule has 2 aromatic carbocycles. The number of anilines is 2. The van der Waals surface area contributed by atoms with Crippen molar-refractivity contribution in [3.63, 3.8) is 0 Å². The highest BCUT2D eigenvalue weighted by Gasteiger charge is 2.20. The second kappa shape index (κ2) is 7.46. The van der Waals surface area contributed by atoms with Crippen LogP contribution in [0.25, 0.3) is 11.3 Å². The van der Waals surface area contributed by atoms with Crippen LogP contribution in [0.15, 0.2) is 59.5 Å². The quantitative estimate of drug-likeness (QED) is 0.647. The van der Waals surface area contributed by atoms with E-state index in [0.29, 0.717) is 29.8 Å². The van der Waals surface area contributed by atoms with Gasteiger partial charge in [0.15, 0.2) is 0 Å². The number of halogens is 2. The van der Waals surface area contributed by atoms with E-state index in [1.165, 1.54) is 36.4 Å². The van der Waals surface area contributed by atoms with Crippen LogP contribution in [0.1, 0.15) is 12.0 Å². The molecule has 9 heteroatoms. The van der Waals surface area contributed by atoms with Crippen LogP contribution in [0.3, 0.4) is 0 Å². The fourth-order valence-electron chi connectivity index (χ4n) is 3.06. The lowest BCUT2D eigenvalue weighted by molar-refractivity contribution is -0.116. The number of hydrogen-bond acceptors (Lipinski definition) is 4. The van der Waals surface area contributed by atoms with Crippen LogP contribution in [0.4, 0.5) is 15.9 Å². The van der Waals surface area contributed by atoms with E-state index >= 15 is 0 Å². The van der Waals surface area contributed by atoms with Gasteiger partial charge < -0.3 is 5.32 Å². The highest BCUT2D eigenvalue weighted by molar-refractivity contribution is 7.92. The number of carbonyl (C=O) groups is 1. The zero-order valence-corrected chi connectivity index (χ0v) is 16.5. The molecule has 0 aliphatic carbocycles. The molecule has 4 rings (SSSR count). The Balaban J connectivity index is 1.63. The molecule has 0 fully saturated rings. The minimum absolute atomic E-state index is 0.0689. The number of pyridine rings is 1. The summed E-state index contributed by atoms with van der Waals surface area (Å²) in [6, 6.07) is 13.2. The first-order chi connectivity index (χ1) is 13.8. The van der Waals surface area contributed by atoms with Crippen molar-refractivity contribution in [3.8, 4) is 11.3 Å². The normalized spacial score (nSPS) is 13.5. The predicted octanol–water partition coefficient (Wildman–Crippen LogP) is 4.23. The molecule has 0 saturated carbocycles. The Bertz CT molecular complexity index is 1230. The summed E-state index contributed by atoms with van der Waals surface area (Å²) in [5, 5.41) is 2.89. The van der Waals surface area contributed by atoms with Crippen molar-refractivity contribution in [1.82, 2.24) is 4.98 Å². The van der Waals surface area contributed by atoms with E-state index in [1.807, 2.05) is 0 Å². The molecule has 1 amide bonds. The Morgan fingerprint density at radius 1 is 1.07 bits per heavy atom. The molecule has 1 aromatic heterocycles. The number of aromatic nitrogens is 1. The van der Waals surface area contributed by atoms with E-state index in [1.54, 1.807) is 18.2 Å². The molecule has 3 aromatic rings. The minimum Gasteiger partial charge on any atom is -0.326 e. The average Bonchev–Trinajstić information content (AvgIpc) is 2.67. The molecule has 0 bridgehead atoms. The molecule has 0 radical (unpaired) electrons. The second-order valence-corrected chi connectivity index (χ2v) is 8.59. The number of sulfonamides is 1. The van der Waals surface area contributed by atoms with Crippen molar-refractivity contribution < 1.29 is 17.6 Å². The third-order valence-electron chi connectivity index (χ3n) is 4.48. The largest absolute Gasteiger partial charge is 0.326 e. The summed E-state index contributed by atoms with van der Waals surface area (Å²) in [6.07, 6.45) is 0.785. The van der Waals surface area contributed by atoms with Gasteiger partial charge in [-0.1, -0.05) is 17.7 Å². The van der Waals surface area contributed by atoms with Crippen LogP contribution in [-0.4, -0.2) is 19.3 Å². The summed E-state index contributed by atoms with van der Waals surface area (Å²) in [5.41, 5.74) is 2.26. The highest BCUT2D eigenvalue weighted by atomic mass is 35.5. The maximum Gasteiger partial charge on any atom is 0.263 e. The fraction of sp³-hybridized carbons (Fsp3) is 0.100. The fourth-order valence-corrected chi connectivity index (χ4v) is 4.38. The molecule has 148 valence electrons. The predicted molar refractivity (Wildman–Crippen MR) is 109 cm³/mol. The number of nitrogens with zero attached hydrogens (tertiary/aromatic N) is 1. The molecular weight excluding hydrogens is 417 g/mol. The number of fused-ring (bicyclic) bond motifs is 1. The van der Waals surface area contributed by atoms with Gasteiger partial charge in [0.25, 0.3) is 10.0 Å². The van der Waals surface area contributed by atoms with Gasteiger partial charge in [0.2, 0.25) is 5.91 Å². The van der Waals surface area contributed by atoms with E-state index in [9.17, 15) is 17.6 Å². The number of aryl methyl sites for hydroxylation is 1. The molecule has 0 atom stereocenters. The number of amides is 1. The van der Waals surface area contributed by atoms with Crippen LogP contribution in [0.5, 0.6) is 0 Å². The topological polar surface area (TPSA) is 88.2 Å². The molecule has 2 heterocycles. The maximum atomic E-state index is 13.3. The van der Waals surface area contributed by atoms with E-state index in [0.717, 1.165) is 5.56 Å². The Morgan fingerprint density at radius 3 is 2.69 bits per heavy atom. The van der Waals surface area contributed by atoms with Crippen LogP contribution in [0.2, 0.25) is 5.02 Å². The SMILES string of the molecule is O=C1CCc2cc(S(=O)(=O)Nc3cccc(-c4ccc(F)cc4Cl)n3)ccc2N1. The summed E-state index contributed by atoms with van der Waals surface area (Å²) in [6.45, 7) is 0. The first-order valence-electron chi connectivity index (χ1n) is 8.70. The summed E-state index contributed by atoms with van der Waals surface area (Å²) >= 11 is 6.07. The monoisotopic (exact) mass is 431 g/mol. The Labute approximate surface area is 171 Å². The maximum absolute atomic E-state index is 13.3. The molecular formula is C20H15ClFN3O3S. The van der Waals surface area contributed by atoms with Crippen molar-refractivity contribution >= 4 is 39.0 Å². The van der Waals surface area contributed by atoms with E-state index in [4.69, 9.17) is 11.6 Å². The standard InChI is InChI=1S/C20H15ClFN3O3S/c21-16-11-13(22)5-7-15(16)18-2-1-3-19(23-18)25-29(27,28)14-6-8-17-12(10-14)4-9-20(26)24-17/h1-3,5-8,10-11H,4,9H2,(H,23,25)(H,24,26). The van der Waals surface area contributed by atoms with Crippen LogP contribution in [-0.2, 0) is 21.2 Å². The lowest BCUT2D eigenvalue weighted by atomic mass is 10.0. The van der Waals surface area contributed by atoms with Crippen molar-refractivity contribution in [2.75, 3.05) is 10.0 Å². The third kappa shape index (κ3) is 4.08. The molecule has 0 saturated heterocycles. The van der Waals surface area contributed by atoms with Crippen molar-refractivity contribution in [3.05, 3.63) is 71.0 Å². The van der Waals surface area contributed by atoms with Gasteiger partial charge in [0.1, 0.15) is 11.6 Å².